The van der Waals surface area contributed by atoms with Crippen LogP contribution in [0.2, 0.25) is 0 Å². The van der Waals surface area contributed by atoms with E-state index in [2.05, 4.69) is 34.4 Å². The van der Waals surface area contributed by atoms with E-state index in [9.17, 15) is 9.90 Å². The summed E-state index contributed by atoms with van der Waals surface area (Å²) in [4.78, 5) is 14.7. The van der Waals surface area contributed by atoms with Crippen molar-refractivity contribution < 1.29 is 14.6 Å². The number of benzene rings is 1. The van der Waals surface area contributed by atoms with Crippen molar-refractivity contribution in [1.29, 1.82) is 0 Å². The monoisotopic (exact) mass is 477 g/mol. The third-order valence-electron chi connectivity index (χ3n) is 5.92. The van der Waals surface area contributed by atoms with Crippen molar-refractivity contribution in [3.05, 3.63) is 69.5 Å². The summed E-state index contributed by atoms with van der Waals surface area (Å²) in [5.74, 6) is 6.82. The van der Waals surface area contributed by atoms with Gasteiger partial charge in [0.2, 0.25) is 0 Å². The average molecular weight is 478 g/mol. The lowest BCUT2D eigenvalue weighted by Gasteiger charge is -2.14. The van der Waals surface area contributed by atoms with Crippen LogP contribution in [0.5, 0.6) is 0 Å². The van der Waals surface area contributed by atoms with E-state index in [0.29, 0.717) is 11.4 Å². The lowest BCUT2D eigenvalue weighted by atomic mass is 10.1. The Hall–Kier alpha value is -3.12. The van der Waals surface area contributed by atoms with Gasteiger partial charge < -0.3 is 9.84 Å². The molecular weight excluding hydrogens is 454 g/mol. The second-order valence-corrected chi connectivity index (χ2v) is 10.4. The lowest BCUT2D eigenvalue weighted by molar-refractivity contribution is 0.121. The maximum Gasteiger partial charge on any atom is 0.413 e. The summed E-state index contributed by atoms with van der Waals surface area (Å²) in [5.41, 5.74) is 1.54. The summed E-state index contributed by atoms with van der Waals surface area (Å²) in [6.45, 7) is 2.05. The molecule has 33 heavy (non-hydrogen) atoms. The molecule has 0 saturated heterocycles. The number of hydrogen-bond acceptors (Lipinski definition) is 6. The minimum absolute atomic E-state index is 0.00184. The summed E-state index contributed by atoms with van der Waals surface area (Å²) in [5, 5.41) is 16.7. The molecule has 0 spiro atoms. The summed E-state index contributed by atoms with van der Waals surface area (Å²) >= 11 is 3.39. The third kappa shape index (κ3) is 4.40. The van der Waals surface area contributed by atoms with Gasteiger partial charge in [0.05, 0.1) is 23.2 Å². The van der Waals surface area contributed by atoms with E-state index in [0.717, 1.165) is 23.3 Å². The van der Waals surface area contributed by atoms with E-state index in [-0.39, 0.29) is 18.1 Å². The Morgan fingerprint density at radius 1 is 1.24 bits per heavy atom. The van der Waals surface area contributed by atoms with Crippen molar-refractivity contribution in [2.75, 3.05) is 11.9 Å². The number of nitrogens with zero attached hydrogens (tertiary/aromatic N) is 2. The number of thiophene rings is 2. The quantitative estimate of drug-likeness (QED) is 0.376. The fourth-order valence-electron chi connectivity index (χ4n) is 3.68. The van der Waals surface area contributed by atoms with Gasteiger partial charge in [0.1, 0.15) is 11.9 Å². The van der Waals surface area contributed by atoms with Crippen LogP contribution in [0.1, 0.15) is 46.8 Å². The molecule has 0 unspecified atom stereocenters. The molecule has 1 saturated carbocycles. The van der Waals surface area contributed by atoms with Gasteiger partial charge in [-0.3, -0.25) is 10.00 Å². The SMILES string of the molecule is C[C@@H](OC(=O)Nc1c(C#Cc2cc3sc(C4(CO)CC4)cc3s2)cnn1C)c1ccccc1. The zero-order valence-corrected chi connectivity index (χ0v) is 19.9. The van der Waals surface area contributed by atoms with E-state index in [1.54, 1.807) is 40.6 Å². The van der Waals surface area contributed by atoms with Crippen LogP contribution in [0, 0.1) is 11.8 Å². The van der Waals surface area contributed by atoms with E-state index >= 15 is 0 Å². The first-order valence-electron chi connectivity index (χ1n) is 10.7. The number of hydrogen-bond donors (Lipinski definition) is 2. The van der Waals surface area contributed by atoms with Crippen LogP contribution < -0.4 is 5.32 Å². The molecule has 1 atom stereocenters. The lowest BCUT2D eigenvalue weighted by Crippen LogP contribution is -2.18. The Kier molecular flexibility index (Phi) is 5.71. The topological polar surface area (TPSA) is 76.4 Å². The van der Waals surface area contributed by atoms with Crippen LogP contribution >= 0.6 is 22.7 Å². The van der Waals surface area contributed by atoms with E-state index < -0.39 is 6.09 Å². The number of aryl methyl sites for hydroxylation is 1. The van der Waals surface area contributed by atoms with Crippen LogP contribution in [0.3, 0.4) is 0 Å². The molecular formula is C25H23N3O3S2. The molecule has 8 heteroatoms. The minimum atomic E-state index is -0.556. The van der Waals surface area contributed by atoms with Crippen molar-refractivity contribution in [3.63, 3.8) is 0 Å². The molecule has 0 radical (unpaired) electrons. The number of carbonyl (C=O) groups excluding carboxylic acids is 1. The highest BCUT2D eigenvalue weighted by atomic mass is 32.1. The summed E-state index contributed by atoms with van der Waals surface area (Å²) in [6, 6.07) is 13.9. The number of aromatic nitrogens is 2. The van der Waals surface area contributed by atoms with Crippen LogP contribution in [0.15, 0.2) is 48.7 Å². The van der Waals surface area contributed by atoms with Crippen LogP contribution in [0.4, 0.5) is 10.6 Å². The van der Waals surface area contributed by atoms with Gasteiger partial charge in [0, 0.05) is 26.7 Å². The minimum Gasteiger partial charge on any atom is -0.441 e. The predicted molar refractivity (Wildman–Crippen MR) is 132 cm³/mol. The van der Waals surface area contributed by atoms with Crippen molar-refractivity contribution in [1.82, 2.24) is 9.78 Å². The fraction of sp³-hybridized carbons (Fsp3) is 0.280. The smallest absolute Gasteiger partial charge is 0.413 e. The van der Waals surface area contributed by atoms with Crippen molar-refractivity contribution in [3.8, 4) is 11.8 Å². The number of rotatable bonds is 5. The Bertz CT molecular complexity index is 1340. The Morgan fingerprint density at radius 2 is 2.00 bits per heavy atom. The molecule has 4 aromatic rings. The van der Waals surface area contributed by atoms with Gasteiger partial charge in [-0.2, -0.15) is 5.10 Å². The van der Waals surface area contributed by atoms with Crippen molar-refractivity contribution in [2.45, 2.75) is 31.3 Å². The first-order valence-corrected chi connectivity index (χ1v) is 12.3. The number of amides is 1. The number of carbonyl (C=O) groups is 1. The Morgan fingerprint density at radius 3 is 2.70 bits per heavy atom. The van der Waals surface area contributed by atoms with Crippen LogP contribution in [0.25, 0.3) is 9.40 Å². The van der Waals surface area contributed by atoms with Gasteiger partial charge in [-0.05, 0) is 37.5 Å². The Balaban J connectivity index is 1.30. The normalized spacial score (nSPS) is 15.0. The maximum absolute atomic E-state index is 12.5. The maximum atomic E-state index is 12.5. The van der Waals surface area contributed by atoms with Gasteiger partial charge >= 0.3 is 6.09 Å². The van der Waals surface area contributed by atoms with Gasteiger partial charge in [-0.15, -0.1) is 22.7 Å². The van der Waals surface area contributed by atoms with E-state index in [4.69, 9.17) is 4.74 Å². The molecule has 1 fully saturated rings. The standard InChI is InChI=1S/C25H23N3O3S2/c1-16(17-6-4-3-5-7-17)31-24(30)27-23-18(14-26-28(23)2)8-9-19-12-20-21(32-19)13-22(33-20)25(15-29)10-11-25/h3-7,12-14,16,29H,10-11,15H2,1-2H3,(H,27,30)/t16-/m1/s1. The molecule has 1 aromatic carbocycles. The molecule has 5 rings (SSSR count). The van der Waals surface area contributed by atoms with Gasteiger partial charge in [-0.1, -0.05) is 42.2 Å². The average Bonchev–Trinajstić information content (AvgIpc) is 3.20. The van der Waals surface area contributed by atoms with Crippen molar-refractivity contribution >= 4 is 44.0 Å². The fourth-order valence-corrected chi connectivity index (χ4v) is 6.16. The zero-order chi connectivity index (χ0) is 23.0. The highest BCUT2D eigenvalue weighted by Gasteiger charge is 2.45. The number of aliphatic hydroxyl groups excluding tert-OH is 1. The largest absolute Gasteiger partial charge is 0.441 e. The molecule has 1 aliphatic carbocycles. The number of aliphatic hydroxyl groups is 1. The van der Waals surface area contributed by atoms with E-state index in [1.807, 2.05) is 37.3 Å². The summed E-state index contributed by atoms with van der Waals surface area (Å²) in [6.07, 6.45) is 2.83. The molecule has 168 valence electrons. The molecule has 1 amide bonds. The van der Waals surface area contributed by atoms with Gasteiger partial charge in [-0.25, -0.2) is 4.79 Å². The highest BCUT2D eigenvalue weighted by molar-refractivity contribution is 7.28. The van der Waals surface area contributed by atoms with E-state index in [1.165, 1.54) is 14.3 Å². The number of anilines is 1. The summed E-state index contributed by atoms with van der Waals surface area (Å²) in [7, 11) is 1.75. The molecule has 3 heterocycles. The highest BCUT2D eigenvalue weighted by Crippen LogP contribution is 2.52. The zero-order valence-electron chi connectivity index (χ0n) is 18.3. The third-order valence-corrected chi connectivity index (χ3v) is 8.37. The molecule has 3 aromatic heterocycles. The second-order valence-electron chi connectivity index (χ2n) is 8.25. The van der Waals surface area contributed by atoms with Gasteiger partial charge in [0.25, 0.3) is 0 Å². The first kappa shape index (κ1) is 21.7. The predicted octanol–water partition coefficient (Wildman–Crippen LogP) is 5.43. The molecule has 0 bridgehead atoms. The first-order chi connectivity index (χ1) is 16.0. The van der Waals surface area contributed by atoms with Crippen molar-refractivity contribution in [2.24, 2.45) is 7.05 Å². The number of ether oxygens (including phenoxy) is 1. The number of nitrogens with one attached hydrogen (secondary N) is 1. The second kappa shape index (κ2) is 8.67. The molecule has 0 aliphatic heterocycles. The molecule has 6 nitrogen and oxygen atoms in total. The van der Waals surface area contributed by atoms with Crippen LogP contribution in [-0.2, 0) is 17.2 Å². The Labute approximate surface area is 199 Å². The summed E-state index contributed by atoms with van der Waals surface area (Å²) < 4.78 is 9.48. The molecule has 2 N–H and O–H groups in total. The van der Waals surface area contributed by atoms with Gasteiger partial charge in [0.15, 0.2) is 0 Å². The number of fused-ring (bicyclic) bond motifs is 1. The van der Waals surface area contributed by atoms with Crippen LogP contribution in [-0.4, -0.2) is 27.6 Å². The molecule has 1 aliphatic rings.